The summed E-state index contributed by atoms with van der Waals surface area (Å²) in [5.74, 6) is 0.522. The van der Waals surface area contributed by atoms with Gasteiger partial charge in [0.25, 0.3) is 5.91 Å². The highest BCUT2D eigenvalue weighted by Gasteiger charge is 2.32. The summed E-state index contributed by atoms with van der Waals surface area (Å²) in [5, 5.41) is 11.4. The van der Waals surface area contributed by atoms with Crippen molar-refractivity contribution in [2.75, 3.05) is 19.8 Å². The smallest absolute Gasteiger partial charge is 0.338 e. The van der Waals surface area contributed by atoms with E-state index < -0.39 is 17.9 Å². The summed E-state index contributed by atoms with van der Waals surface area (Å²) in [6.07, 6.45) is 1.50. The molecule has 0 fully saturated rings. The van der Waals surface area contributed by atoms with Crippen molar-refractivity contribution in [3.05, 3.63) is 96.2 Å². The number of allylic oxidation sites excluding steroid dienone is 1. The van der Waals surface area contributed by atoms with Gasteiger partial charge in [-0.15, -0.1) is 0 Å². The number of benzene rings is 3. The summed E-state index contributed by atoms with van der Waals surface area (Å²) in [6, 6.07) is 15.4. The van der Waals surface area contributed by atoms with Crippen molar-refractivity contribution in [2.24, 2.45) is 5.10 Å². The van der Waals surface area contributed by atoms with Gasteiger partial charge in [0, 0.05) is 11.3 Å². The Morgan fingerprint density at radius 1 is 1.02 bits per heavy atom. The van der Waals surface area contributed by atoms with Gasteiger partial charge in [0.05, 0.1) is 44.7 Å². The molecule has 1 amide bonds. The molecule has 3 N–H and O–H groups in total. The quantitative estimate of drug-likeness (QED) is 0.0589. The van der Waals surface area contributed by atoms with Crippen LogP contribution in [0.25, 0.3) is 0 Å². The lowest BCUT2D eigenvalue weighted by Gasteiger charge is -2.30. The first-order chi connectivity index (χ1) is 22.1. The maximum atomic E-state index is 12.8. The lowest BCUT2D eigenvalue weighted by molar-refractivity contribution is -0.139. The maximum Gasteiger partial charge on any atom is 0.338 e. The number of carbonyl (C=O) groups is 2. The van der Waals surface area contributed by atoms with Crippen LogP contribution in [-0.2, 0) is 20.9 Å². The molecule has 0 spiro atoms. The minimum Gasteiger partial charge on any atom is -0.490 e. The van der Waals surface area contributed by atoms with Gasteiger partial charge >= 0.3 is 5.97 Å². The van der Waals surface area contributed by atoms with Gasteiger partial charge in [-0.05, 0) is 97.0 Å². The van der Waals surface area contributed by atoms with Gasteiger partial charge in [0.2, 0.25) is 0 Å². The number of halogens is 3. The number of ether oxygens (including phenoxy) is 4. The molecule has 0 radical (unpaired) electrons. The van der Waals surface area contributed by atoms with Crippen LogP contribution >= 0.6 is 58.0 Å². The molecular formula is C32H31Cl2IN4O6S. The highest BCUT2D eigenvalue weighted by atomic mass is 127. The van der Waals surface area contributed by atoms with Crippen LogP contribution in [0.5, 0.6) is 17.2 Å². The topological polar surface area (TPSA) is 120 Å². The summed E-state index contributed by atoms with van der Waals surface area (Å²) in [5.41, 5.74) is 5.57. The molecule has 0 aliphatic carbocycles. The van der Waals surface area contributed by atoms with E-state index in [1.165, 1.54) is 6.21 Å². The van der Waals surface area contributed by atoms with E-state index in [9.17, 15) is 9.59 Å². The second-order valence-corrected chi connectivity index (χ2v) is 12.1. The van der Waals surface area contributed by atoms with Gasteiger partial charge in [0.1, 0.15) is 12.4 Å². The molecule has 1 aliphatic heterocycles. The number of hydrogen-bond donors (Lipinski definition) is 3. The van der Waals surface area contributed by atoms with Gasteiger partial charge in [-0.2, -0.15) is 5.10 Å². The third-order valence-corrected chi connectivity index (χ3v) is 8.22. The minimum atomic E-state index is -0.636. The van der Waals surface area contributed by atoms with Crippen molar-refractivity contribution in [2.45, 2.75) is 33.4 Å². The second kappa shape index (κ2) is 16.8. The SMILES string of the molecule is CCOC(=O)C1=C(C)NC(=S)N[C@H]1c1ccccc1OCC(=O)NN=Cc1cc(I)c(OCc2ccc(Cl)c(Cl)c2)c(OCC)c1. The fourth-order valence-electron chi connectivity index (χ4n) is 4.46. The number of esters is 1. The van der Waals surface area contributed by atoms with E-state index in [4.69, 9.17) is 54.4 Å². The summed E-state index contributed by atoms with van der Waals surface area (Å²) in [4.78, 5) is 25.4. The zero-order chi connectivity index (χ0) is 33.2. The zero-order valence-corrected chi connectivity index (χ0v) is 29.6. The number of rotatable bonds is 13. The Morgan fingerprint density at radius 2 is 1.80 bits per heavy atom. The molecule has 1 aliphatic rings. The van der Waals surface area contributed by atoms with E-state index in [-0.39, 0.29) is 19.8 Å². The second-order valence-electron chi connectivity index (χ2n) is 9.71. The van der Waals surface area contributed by atoms with Crippen LogP contribution in [0.1, 0.15) is 43.5 Å². The summed E-state index contributed by atoms with van der Waals surface area (Å²) in [7, 11) is 0. The predicted molar refractivity (Wildman–Crippen MR) is 190 cm³/mol. The summed E-state index contributed by atoms with van der Waals surface area (Å²) in [6.45, 7) is 5.93. The molecule has 1 heterocycles. The Morgan fingerprint density at radius 3 is 2.54 bits per heavy atom. The molecule has 0 saturated carbocycles. The van der Waals surface area contributed by atoms with E-state index in [1.54, 1.807) is 56.3 Å². The van der Waals surface area contributed by atoms with Crippen LogP contribution in [-0.4, -0.2) is 43.0 Å². The van der Waals surface area contributed by atoms with Gasteiger partial charge < -0.3 is 29.6 Å². The van der Waals surface area contributed by atoms with Crippen molar-refractivity contribution in [1.82, 2.24) is 16.1 Å². The largest absolute Gasteiger partial charge is 0.490 e. The molecule has 242 valence electrons. The molecule has 10 nitrogen and oxygen atoms in total. The lowest BCUT2D eigenvalue weighted by Crippen LogP contribution is -2.45. The molecule has 0 bridgehead atoms. The number of hydrogen-bond acceptors (Lipinski definition) is 8. The van der Waals surface area contributed by atoms with Crippen molar-refractivity contribution in [3.63, 3.8) is 0 Å². The normalized spacial score (nSPS) is 14.4. The summed E-state index contributed by atoms with van der Waals surface area (Å²) >= 11 is 19.6. The molecule has 0 unspecified atom stereocenters. The van der Waals surface area contributed by atoms with Crippen LogP contribution in [0.3, 0.4) is 0 Å². The average molecular weight is 797 g/mol. The third-order valence-electron chi connectivity index (χ3n) is 6.46. The first-order valence-electron chi connectivity index (χ1n) is 14.1. The fourth-order valence-corrected chi connectivity index (χ4v) is 5.83. The molecule has 46 heavy (non-hydrogen) atoms. The molecule has 3 aromatic carbocycles. The Bertz CT molecular complexity index is 1690. The Balaban J connectivity index is 1.41. The first kappa shape index (κ1) is 35.3. The van der Waals surface area contributed by atoms with E-state index >= 15 is 0 Å². The van der Waals surface area contributed by atoms with Crippen LogP contribution in [0, 0.1) is 3.57 Å². The van der Waals surface area contributed by atoms with Gasteiger partial charge in [0.15, 0.2) is 23.2 Å². The summed E-state index contributed by atoms with van der Waals surface area (Å²) < 4.78 is 23.8. The number of nitrogens with one attached hydrogen (secondary N) is 3. The third kappa shape index (κ3) is 9.24. The average Bonchev–Trinajstić information content (AvgIpc) is 3.01. The Kier molecular flexibility index (Phi) is 12.9. The van der Waals surface area contributed by atoms with E-state index in [0.717, 1.165) is 9.13 Å². The molecule has 3 aromatic rings. The van der Waals surface area contributed by atoms with Gasteiger partial charge in [-0.1, -0.05) is 47.5 Å². The van der Waals surface area contributed by atoms with E-state index in [0.29, 0.717) is 61.4 Å². The standard InChI is InChI=1S/C32H31Cl2IN4O6S/c1-4-42-26-14-20(13-24(35)30(26)45-16-19-10-11-22(33)23(34)12-19)15-36-39-27(40)17-44-25-9-7-6-8-21(25)29-28(31(41)43-5-2)18(3)37-32(46)38-29/h6-15,29H,4-5,16-17H2,1-3H3,(H,39,40)(H2,37,38,46)/t29-/m0/s1. The van der Waals surface area contributed by atoms with E-state index in [1.807, 2.05) is 19.1 Å². The van der Waals surface area contributed by atoms with Gasteiger partial charge in [-0.25, -0.2) is 10.2 Å². The highest BCUT2D eigenvalue weighted by molar-refractivity contribution is 14.1. The minimum absolute atomic E-state index is 0.218. The number of thiocarbonyl (C=S) groups is 1. The Labute approximate surface area is 295 Å². The molecular weight excluding hydrogens is 766 g/mol. The number of nitrogens with zero attached hydrogens (tertiary/aromatic N) is 1. The van der Waals surface area contributed by atoms with Gasteiger partial charge in [-0.3, -0.25) is 4.79 Å². The van der Waals surface area contributed by atoms with Crippen LogP contribution in [0.15, 0.2) is 71.0 Å². The Hall–Kier alpha value is -3.59. The molecule has 14 heteroatoms. The molecule has 1 atom stereocenters. The first-order valence-corrected chi connectivity index (χ1v) is 16.4. The van der Waals surface area contributed by atoms with Crippen LogP contribution in [0.2, 0.25) is 10.0 Å². The highest BCUT2D eigenvalue weighted by Crippen LogP contribution is 2.36. The van der Waals surface area contributed by atoms with E-state index in [2.05, 4.69) is 43.8 Å². The molecule has 4 rings (SSSR count). The lowest BCUT2D eigenvalue weighted by atomic mass is 9.95. The fraction of sp³-hybridized carbons (Fsp3) is 0.250. The monoisotopic (exact) mass is 796 g/mol. The number of hydrazone groups is 1. The van der Waals surface area contributed by atoms with Crippen molar-refractivity contribution in [3.8, 4) is 17.2 Å². The predicted octanol–water partition coefficient (Wildman–Crippen LogP) is 6.46. The van der Waals surface area contributed by atoms with Crippen LogP contribution in [0.4, 0.5) is 0 Å². The number of carbonyl (C=O) groups excluding carboxylic acids is 2. The maximum absolute atomic E-state index is 12.8. The molecule has 0 saturated heterocycles. The van der Waals surface area contributed by atoms with Crippen molar-refractivity contribution < 1.29 is 28.5 Å². The number of amides is 1. The van der Waals surface area contributed by atoms with Crippen LogP contribution < -0.4 is 30.3 Å². The molecule has 0 aromatic heterocycles. The van der Waals surface area contributed by atoms with Crippen molar-refractivity contribution >= 4 is 81.2 Å². The zero-order valence-electron chi connectivity index (χ0n) is 25.1. The van der Waals surface area contributed by atoms with Crippen molar-refractivity contribution in [1.29, 1.82) is 0 Å². The number of para-hydroxylation sites is 1.